The van der Waals surface area contributed by atoms with E-state index in [0.717, 1.165) is 34.0 Å². The van der Waals surface area contributed by atoms with Crippen molar-refractivity contribution in [2.45, 2.75) is 26.3 Å². The average Bonchev–Trinajstić information content (AvgIpc) is 2.74. The Morgan fingerprint density at radius 1 is 1.29 bits per heavy atom. The number of benzene rings is 1. The standard InChI is InChI=1S/C13H15FN2S/c1-2-3-11-12(8-15)17-13(16-11)9-4-6-10(14)7-5-9/h4-7H,2-3,8,15H2,1H3. The fraction of sp³-hybridized carbons (Fsp3) is 0.308. The zero-order chi connectivity index (χ0) is 12.3. The van der Waals surface area contributed by atoms with E-state index in [1.165, 1.54) is 12.1 Å². The largest absolute Gasteiger partial charge is 0.326 e. The minimum atomic E-state index is -0.224. The fourth-order valence-electron chi connectivity index (χ4n) is 1.69. The van der Waals surface area contributed by atoms with Crippen LogP contribution in [0.4, 0.5) is 4.39 Å². The number of rotatable bonds is 4. The van der Waals surface area contributed by atoms with E-state index >= 15 is 0 Å². The highest BCUT2D eigenvalue weighted by atomic mass is 32.1. The van der Waals surface area contributed by atoms with Gasteiger partial charge in [-0.15, -0.1) is 11.3 Å². The van der Waals surface area contributed by atoms with E-state index < -0.39 is 0 Å². The Labute approximate surface area is 104 Å². The molecule has 0 aliphatic carbocycles. The molecule has 2 rings (SSSR count). The maximum atomic E-state index is 12.8. The second-order valence-corrected chi connectivity index (χ2v) is 4.93. The van der Waals surface area contributed by atoms with Gasteiger partial charge in [0, 0.05) is 17.0 Å². The Morgan fingerprint density at radius 3 is 2.59 bits per heavy atom. The Kier molecular flexibility index (Phi) is 3.86. The molecule has 0 saturated heterocycles. The third-order valence-corrected chi connectivity index (χ3v) is 3.71. The smallest absolute Gasteiger partial charge is 0.123 e. The van der Waals surface area contributed by atoms with Crippen LogP contribution in [0.25, 0.3) is 10.6 Å². The second kappa shape index (κ2) is 5.38. The zero-order valence-corrected chi connectivity index (χ0v) is 10.6. The lowest BCUT2D eigenvalue weighted by Gasteiger charge is -1.95. The van der Waals surface area contributed by atoms with Crippen LogP contribution >= 0.6 is 11.3 Å². The number of thiazole rings is 1. The van der Waals surface area contributed by atoms with Gasteiger partial charge < -0.3 is 5.73 Å². The first kappa shape index (κ1) is 12.2. The minimum Gasteiger partial charge on any atom is -0.326 e. The summed E-state index contributed by atoms with van der Waals surface area (Å²) in [6, 6.07) is 6.42. The summed E-state index contributed by atoms with van der Waals surface area (Å²) in [7, 11) is 0. The molecule has 4 heteroatoms. The molecule has 0 spiro atoms. The maximum Gasteiger partial charge on any atom is 0.123 e. The van der Waals surface area contributed by atoms with E-state index in [4.69, 9.17) is 5.73 Å². The minimum absolute atomic E-state index is 0.224. The van der Waals surface area contributed by atoms with Crippen molar-refractivity contribution in [3.63, 3.8) is 0 Å². The SMILES string of the molecule is CCCc1nc(-c2ccc(F)cc2)sc1CN. The normalized spacial score (nSPS) is 10.8. The van der Waals surface area contributed by atoms with Crippen molar-refractivity contribution in [2.24, 2.45) is 5.73 Å². The summed E-state index contributed by atoms with van der Waals surface area (Å²) in [5.41, 5.74) is 7.74. The van der Waals surface area contributed by atoms with Gasteiger partial charge in [0.25, 0.3) is 0 Å². The van der Waals surface area contributed by atoms with Crippen molar-refractivity contribution in [1.82, 2.24) is 4.98 Å². The molecule has 0 saturated carbocycles. The van der Waals surface area contributed by atoms with E-state index in [-0.39, 0.29) is 5.82 Å². The number of nitrogens with zero attached hydrogens (tertiary/aromatic N) is 1. The summed E-state index contributed by atoms with van der Waals surface area (Å²) in [6.07, 6.45) is 2.00. The number of aromatic nitrogens is 1. The van der Waals surface area contributed by atoms with Crippen molar-refractivity contribution in [2.75, 3.05) is 0 Å². The van der Waals surface area contributed by atoms with Gasteiger partial charge in [-0.25, -0.2) is 9.37 Å². The van der Waals surface area contributed by atoms with Crippen LogP contribution in [0.3, 0.4) is 0 Å². The van der Waals surface area contributed by atoms with Gasteiger partial charge in [0.2, 0.25) is 0 Å². The van der Waals surface area contributed by atoms with Crippen molar-refractivity contribution in [3.8, 4) is 10.6 Å². The first-order valence-corrected chi connectivity index (χ1v) is 6.50. The second-order valence-electron chi connectivity index (χ2n) is 3.85. The molecule has 1 heterocycles. The number of hydrogen-bond donors (Lipinski definition) is 1. The van der Waals surface area contributed by atoms with Crippen LogP contribution in [0.5, 0.6) is 0 Å². The predicted molar refractivity (Wildman–Crippen MR) is 69.4 cm³/mol. The molecule has 0 bridgehead atoms. The summed E-state index contributed by atoms with van der Waals surface area (Å²) in [4.78, 5) is 5.72. The summed E-state index contributed by atoms with van der Waals surface area (Å²) in [5.74, 6) is -0.224. The first-order chi connectivity index (χ1) is 8.24. The Morgan fingerprint density at radius 2 is 2.00 bits per heavy atom. The lowest BCUT2D eigenvalue weighted by molar-refractivity contribution is 0.628. The van der Waals surface area contributed by atoms with E-state index in [1.807, 2.05) is 0 Å². The van der Waals surface area contributed by atoms with Gasteiger partial charge in [-0.1, -0.05) is 13.3 Å². The van der Waals surface area contributed by atoms with E-state index in [9.17, 15) is 4.39 Å². The molecule has 0 aliphatic rings. The molecule has 0 radical (unpaired) electrons. The van der Waals surface area contributed by atoms with Gasteiger partial charge in [-0.05, 0) is 30.7 Å². The van der Waals surface area contributed by atoms with Crippen LogP contribution in [0.15, 0.2) is 24.3 Å². The van der Waals surface area contributed by atoms with Crippen LogP contribution in [-0.4, -0.2) is 4.98 Å². The Balaban J connectivity index is 2.35. The van der Waals surface area contributed by atoms with E-state index in [2.05, 4.69) is 11.9 Å². The third-order valence-electron chi connectivity index (χ3n) is 2.54. The van der Waals surface area contributed by atoms with Crippen LogP contribution in [0.2, 0.25) is 0 Å². The molecule has 90 valence electrons. The highest BCUT2D eigenvalue weighted by molar-refractivity contribution is 7.15. The summed E-state index contributed by atoms with van der Waals surface area (Å²) in [5, 5.41) is 0.925. The number of hydrogen-bond acceptors (Lipinski definition) is 3. The molecule has 0 aliphatic heterocycles. The lowest BCUT2D eigenvalue weighted by Crippen LogP contribution is -1.97. The summed E-state index contributed by atoms with van der Waals surface area (Å²) in [6.45, 7) is 2.64. The Hall–Kier alpha value is -1.26. The molecule has 1 aromatic heterocycles. The summed E-state index contributed by atoms with van der Waals surface area (Å²) >= 11 is 1.60. The van der Waals surface area contributed by atoms with Crippen molar-refractivity contribution in [1.29, 1.82) is 0 Å². The molecule has 0 unspecified atom stereocenters. The molecule has 1 aromatic carbocycles. The van der Waals surface area contributed by atoms with Gasteiger partial charge in [0.15, 0.2) is 0 Å². The van der Waals surface area contributed by atoms with Gasteiger partial charge in [-0.2, -0.15) is 0 Å². The predicted octanol–water partition coefficient (Wildman–Crippen LogP) is 3.36. The average molecular weight is 250 g/mol. The van der Waals surface area contributed by atoms with Crippen molar-refractivity contribution < 1.29 is 4.39 Å². The molecule has 2 N–H and O–H groups in total. The number of nitrogens with two attached hydrogens (primary N) is 1. The highest BCUT2D eigenvalue weighted by Gasteiger charge is 2.10. The van der Waals surface area contributed by atoms with Crippen molar-refractivity contribution in [3.05, 3.63) is 40.7 Å². The molecular weight excluding hydrogens is 235 g/mol. The number of halogens is 1. The van der Waals surface area contributed by atoms with Crippen molar-refractivity contribution >= 4 is 11.3 Å². The van der Waals surface area contributed by atoms with Crippen LogP contribution < -0.4 is 5.73 Å². The van der Waals surface area contributed by atoms with E-state index in [1.54, 1.807) is 23.5 Å². The fourth-order valence-corrected chi connectivity index (χ4v) is 2.68. The topological polar surface area (TPSA) is 38.9 Å². The van der Waals surface area contributed by atoms with Crippen LogP contribution in [-0.2, 0) is 13.0 Å². The molecule has 0 atom stereocenters. The summed E-state index contributed by atoms with van der Waals surface area (Å²) < 4.78 is 12.8. The van der Waals surface area contributed by atoms with Gasteiger partial charge in [0.1, 0.15) is 10.8 Å². The molecule has 2 nitrogen and oxygen atoms in total. The Bertz CT molecular complexity index is 491. The zero-order valence-electron chi connectivity index (χ0n) is 9.74. The lowest BCUT2D eigenvalue weighted by atomic mass is 10.2. The van der Waals surface area contributed by atoms with Gasteiger partial charge in [0.05, 0.1) is 5.69 Å². The monoisotopic (exact) mass is 250 g/mol. The molecular formula is C13H15FN2S. The molecule has 2 aromatic rings. The first-order valence-electron chi connectivity index (χ1n) is 5.69. The van der Waals surface area contributed by atoms with Crippen LogP contribution in [0, 0.1) is 5.82 Å². The highest BCUT2D eigenvalue weighted by Crippen LogP contribution is 2.28. The molecule has 0 amide bonds. The maximum absolute atomic E-state index is 12.8. The third kappa shape index (κ3) is 2.70. The van der Waals surface area contributed by atoms with Gasteiger partial charge in [-0.3, -0.25) is 0 Å². The van der Waals surface area contributed by atoms with Gasteiger partial charge >= 0.3 is 0 Å². The number of aryl methyl sites for hydroxylation is 1. The van der Waals surface area contributed by atoms with Crippen LogP contribution in [0.1, 0.15) is 23.9 Å². The quantitative estimate of drug-likeness (QED) is 0.903. The molecule has 0 fully saturated rings. The molecule has 17 heavy (non-hydrogen) atoms. The van der Waals surface area contributed by atoms with E-state index in [0.29, 0.717) is 6.54 Å².